The summed E-state index contributed by atoms with van der Waals surface area (Å²) in [5.74, 6) is -1.07. The average Bonchev–Trinajstić information content (AvgIpc) is 3.07. The maximum absolute atomic E-state index is 12.7. The van der Waals surface area contributed by atoms with Gasteiger partial charge in [-0.3, -0.25) is 14.4 Å². The van der Waals surface area contributed by atoms with Gasteiger partial charge in [0.1, 0.15) is 5.56 Å². The lowest BCUT2D eigenvalue weighted by molar-refractivity contribution is -0.121. The number of aryl methyl sites for hydroxylation is 1. The molecule has 25 heavy (non-hydrogen) atoms. The molecule has 1 aromatic carbocycles. The predicted octanol–water partition coefficient (Wildman–Crippen LogP) is 1.15. The number of amides is 2. The Labute approximate surface area is 145 Å². The third-order valence-corrected chi connectivity index (χ3v) is 4.56. The Kier molecular flexibility index (Phi) is 4.70. The number of carbonyl (C=O) groups is 2. The number of rotatable bonds is 4. The summed E-state index contributed by atoms with van der Waals surface area (Å²) < 4.78 is 1.53. The van der Waals surface area contributed by atoms with E-state index in [-0.39, 0.29) is 29.5 Å². The van der Waals surface area contributed by atoms with Gasteiger partial charge < -0.3 is 15.2 Å². The number of likely N-dealkylation sites (tertiary alicyclic amines) is 1. The number of hydrogen-bond acceptors (Lipinski definition) is 3. The van der Waals surface area contributed by atoms with E-state index in [1.54, 1.807) is 12.3 Å². The molecule has 2 amide bonds. The lowest BCUT2D eigenvalue weighted by Gasteiger charge is -2.16. The molecule has 1 aliphatic rings. The fourth-order valence-electron chi connectivity index (χ4n) is 3.18. The second kappa shape index (κ2) is 6.93. The van der Waals surface area contributed by atoms with Gasteiger partial charge in [-0.05, 0) is 31.0 Å². The monoisotopic (exact) mass is 339 g/mol. The Morgan fingerprint density at radius 3 is 2.72 bits per heavy atom. The average molecular weight is 339 g/mol. The molecule has 0 saturated carbocycles. The van der Waals surface area contributed by atoms with E-state index in [1.165, 1.54) is 15.5 Å². The predicted molar refractivity (Wildman–Crippen MR) is 94.2 cm³/mol. The number of nitrogens with zero attached hydrogens (tertiary/aromatic N) is 2. The third-order valence-electron chi connectivity index (χ3n) is 4.56. The zero-order valence-electron chi connectivity index (χ0n) is 14.1. The number of primary amides is 1. The quantitative estimate of drug-likeness (QED) is 0.907. The van der Waals surface area contributed by atoms with Crippen molar-refractivity contribution in [1.82, 2.24) is 9.47 Å². The Hall–Kier alpha value is -2.89. The van der Waals surface area contributed by atoms with Crippen LogP contribution in [-0.4, -0.2) is 34.4 Å². The Morgan fingerprint density at radius 1 is 1.24 bits per heavy atom. The van der Waals surface area contributed by atoms with Crippen molar-refractivity contribution in [2.75, 3.05) is 13.1 Å². The maximum Gasteiger partial charge on any atom is 0.263 e. The first-order valence-electron chi connectivity index (χ1n) is 8.29. The number of carbonyl (C=O) groups excluding carboxylic acids is 2. The molecular formula is C19H21N3O3. The molecule has 130 valence electrons. The summed E-state index contributed by atoms with van der Waals surface area (Å²) in [6, 6.07) is 11.1. The first-order chi connectivity index (χ1) is 12.0. The van der Waals surface area contributed by atoms with E-state index in [1.807, 2.05) is 31.2 Å². The summed E-state index contributed by atoms with van der Waals surface area (Å²) in [5, 5.41) is 0. The maximum atomic E-state index is 12.7. The van der Waals surface area contributed by atoms with Crippen LogP contribution in [0, 0.1) is 12.8 Å². The van der Waals surface area contributed by atoms with Crippen LogP contribution >= 0.6 is 0 Å². The Bertz CT molecular complexity index is 872. The van der Waals surface area contributed by atoms with Crippen LogP contribution in [0.5, 0.6) is 0 Å². The Balaban J connectivity index is 1.83. The van der Waals surface area contributed by atoms with E-state index in [4.69, 9.17) is 5.73 Å². The van der Waals surface area contributed by atoms with Crippen LogP contribution in [0.4, 0.5) is 0 Å². The highest BCUT2D eigenvalue weighted by molar-refractivity contribution is 5.94. The summed E-state index contributed by atoms with van der Waals surface area (Å²) in [5.41, 5.74) is 7.23. The molecule has 0 aliphatic carbocycles. The molecule has 6 nitrogen and oxygen atoms in total. The second-order valence-electron chi connectivity index (χ2n) is 6.48. The van der Waals surface area contributed by atoms with Crippen molar-refractivity contribution in [3.63, 3.8) is 0 Å². The van der Waals surface area contributed by atoms with E-state index in [0.29, 0.717) is 19.5 Å². The van der Waals surface area contributed by atoms with Gasteiger partial charge in [0.15, 0.2) is 0 Å². The van der Waals surface area contributed by atoms with Crippen LogP contribution < -0.4 is 11.3 Å². The van der Waals surface area contributed by atoms with Crippen LogP contribution in [0.3, 0.4) is 0 Å². The van der Waals surface area contributed by atoms with Crippen molar-refractivity contribution < 1.29 is 9.59 Å². The van der Waals surface area contributed by atoms with Crippen LogP contribution in [0.1, 0.15) is 27.9 Å². The molecule has 1 fully saturated rings. The van der Waals surface area contributed by atoms with Crippen molar-refractivity contribution >= 4 is 11.8 Å². The summed E-state index contributed by atoms with van der Waals surface area (Å²) in [4.78, 5) is 38.2. The molecule has 2 aromatic rings. The summed E-state index contributed by atoms with van der Waals surface area (Å²) in [6.45, 7) is 3.12. The first kappa shape index (κ1) is 17.0. The van der Waals surface area contributed by atoms with Crippen LogP contribution in [0.2, 0.25) is 0 Å². The largest absolute Gasteiger partial charge is 0.369 e. The highest BCUT2D eigenvalue weighted by Gasteiger charge is 2.31. The van der Waals surface area contributed by atoms with Gasteiger partial charge in [0.25, 0.3) is 11.5 Å². The molecule has 2 heterocycles. The van der Waals surface area contributed by atoms with E-state index in [0.717, 1.165) is 11.1 Å². The lowest BCUT2D eigenvalue weighted by Crippen LogP contribution is -2.36. The molecule has 6 heteroatoms. The van der Waals surface area contributed by atoms with Gasteiger partial charge in [0.2, 0.25) is 5.91 Å². The van der Waals surface area contributed by atoms with Crippen LogP contribution in [0.15, 0.2) is 47.4 Å². The molecule has 1 atom stereocenters. The van der Waals surface area contributed by atoms with E-state index >= 15 is 0 Å². The number of nitrogens with two attached hydrogens (primary N) is 1. The molecule has 1 aromatic heterocycles. The van der Waals surface area contributed by atoms with Gasteiger partial charge in [-0.15, -0.1) is 0 Å². The summed E-state index contributed by atoms with van der Waals surface area (Å²) >= 11 is 0. The van der Waals surface area contributed by atoms with E-state index < -0.39 is 5.91 Å². The van der Waals surface area contributed by atoms with Crippen molar-refractivity contribution in [2.24, 2.45) is 11.7 Å². The fourth-order valence-corrected chi connectivity index (χ4v) is 3.18. The van der Waals surface area contributed by atoms with Crippen molar-refractivity contribution in [2.45, 2.75) is 19.9 Å². The topological polar surface area (TPSA) is 85.4 Å². The van der Waals surface area contributed by atoms with Gasteiger partial charge in [-0.2, -0.15) is 0 Å². The molecular weight excluding hydrogens is 318 g/mol. The number of pyridine rings is 1. The smallest absolute Gasteiger partial charge is 0.263 e. The summed E-state index contributed by atoms with van der Waals surface area (Å²) in [7, 11) is 0. The lowest BCUT2D eigenvalue weighted by atomic mass is 10.1. The molecule has 0 radical (unpaired) electrons. The number of hydrogen-bond donors (Lipinski definition) is 1. The second-order valence-corrected chi connectivity index (χ2v) is 6.48. The van der Waals surface area contributed by atoms with Gasteiger partial charge >= 0.3 is 0 Å². The zero-order valence-corrected chi connectivity index (χ0v) is 14.1. The normalized spacial score (nSPS) is 16.8. The van der Waals surface area contributed by atoms with Gasteiger partial charge in [0, 0.05) is 19.3 Å². The van der Waals surface area contributed by atoms with Gasteiger partial charge in [-0.25, -0.2) is 0 Å². The molecule has 0 bridgehead atoms. The minimum atomic E-state index is -0.403. The van der Waals surface area contributed by atoms with Crippen molar-refractivity contribution in [3.05, 3.63) is 69.6 Å². The molecule has 3 rings (SSSR count). The SMILES string of the molecule is Cc1cccc(Cn2cccc(C(=O)N3CC[C@H](C(N)=O)C3)c2=O)c1. The number of benzene rings is 1. The highest BCUT2D eigenvalue weighted by atomic mass is 16.2. The fraction of sp³-hybridized carbons (Fsp3) is 0.316. The summed E-state index contributed by atoms with van der Waals surface area (Å²) in [6.07, 6.45) is 2.23. The van der Waals surface area contributed by atoms with Crippen molar-refractivity contribution in [1.29, 1.82) is 0 Å². The minimum absolute atomic E-state index is 0.125. The third kappa shape index (κ3) is 3.63. The van der Waals surface area contributed by atoms with Gasteiger partial charge in [0.05, 0.1) is 12.5 Å². The van der Waals surface area contributed by atoms with Crippen LogP contribution in [-0.2, 0) is 11.3 Å². The highest BCUT2D eigenvalue weighted by Crippen LogP contribution is 2.17. The zero-order chi connectivity index (χ0) is 18.0. The van der Waals surface area contributed by atoms with Crippen LogP contribution in [0.25, 0.3) is 0 Å². The minimum Gasteiger partial charge on any atom is -0.369 e. The molecule has 0 spiro atoms. The molecule has 1 aliphatic heterocycles. The number of aromatic nitrogens is 1. The first-order valence-corrected chi connectivity index (χ1v) is 8.29. The molecule has 2 N–H and O–H groups in total. The molecule has 0 unspecified atom stereocenters. The van der Waals surface area contributed by atoms with E-state index in [9.17, 15) is 14.4 Å². The van der Waals surface area contributed by atoms with Crippen molar-refractivity contribution in [3.8, 4) is 0 Å². The Morgan fingerprint density at radius 2 is 2.04 bits per heavy atom. The molecule has 1 saturated heterocycles. The van der Waals surface area contributed by atoms with Gasteiger partial charge in [-0.1, -0.05) is 29.8 Å². The standard InChI is InChI=1S/C19H21N3O3/c1-13-4-2-5-14(10-13)11-21-8-3-6-16(18(21)24)19(25)22-9-7-15(12-22)17(20)23/h2-6,8,10,15H,7,9,11-12H2,1H3,(H2,20,23)/t15-/m0/s1. The van der Waals surface area contributed by atoms with E-state index in [2.05, 4.69) is 0 Å².